The van der Waals surface area contributed by atoms with Crippen LogP contribution in [0.5, 0.6) is 0 Å². The summed E-state index contributed by atoms with van der Waals surface area (Å²) < 4.78 is 6.09. The van der Waals surface area contributed by atoms with Crippen LogP contribution in [-0.4, -0.2) is 12.9 Å². The maximum absolute atomic E-state index is 13.7. The van der Waals surface area contributed by atoms with Gasteiger partial charge in [0.15, 0.2) is 11.4 Å². The van der Waals surface area contributed by atoms with Crippen LogP contribution in [0.15, 0.2) is 42.5 Å². The van der Waals surface area contributed by atoms with Crippen LogP contribution in [0.2, 0.25) is 0 Å². The molecule has 1 aliphatic carbocycles. The third kappa shape index (κ3) is 2.91. The number of Topliss-reactive ketones (excluding diaryl/α,β-unsaturated/α-hetero) is 1. The van der Waals surface area contributed by atoms with E-state index < -0.39 is 5.60 Å². The van der Waals surface area contributed by atoms with Gasteiger partial charge in [-0.15, -0.1) is 0 Å². The summed E-state index contributed by atoms with van der Waals surface area (Å²) in [6.07, 6.45) is 5.07. The van der Waals surface area contributed by atoms with Crippen LogP contribution in [0.4, 0.5) is 0 Å². The molecular formula is C24H30O2. The van der Waals surface area contributed by atoms with Gasteiger partial charge in [-0.3, -0.25) is 4.79 Å². The van der Waals surface area contributed by atoms with Gasteiger partial charge in [-0.25, -0.2) is 0 Å². The van der Waals surface area contributed by atoms with E-state index in [0.717, 1.165) is 40.7 Å². The molecule has 26 heavy (non-hydrogen) atoms. The van der Waals surface area contributed by atoms with Crippen LogP contribution < -0.4 is 0 Å². The first-order chi connectivity index (χ1) is 12.6. The molecule has 0 N–H and O–H groups in total. The number of ether oxygens (including phenoxy) is 1. The van der Waals surface area contributed by atoms with Gasteiger partial charge in [0.2, 0.25) is 0 Å². The molecule has 0 fully saturated rings. The monoisotopic (exact) mass is 350 g/mol. The maximum atomic E-state index is 13.7. The first-order valence-electron chi connectivity index (χ1n) is 9.88. The number of carbonyl (C=O) groups is 1. The smallest absolute Gasteiger partial charge is 0.177 e. The van der Waals surface area contributed by atoms with Crippen molar-refractivity contribution in [1.82, 2.24) is 0 Å². The summed E-state index contributed by atoms with van der Waals surface area (Å²) in [5.74, 6) is 0.623. The lowest BCUT2D eigenvalue weighted by atomic mass is 9.80. The van der Waals surface area contributed by atoms with E-state index in [4.69, 9.17) is 4.74 Å². The normalized spacial score (nSPS) is 19.1. The van der Waals surface area contributed by atoms with Gasteiger partial charge in [0.1, 0.15) is 0 Å². The number of ketones is 1. The van der Waals surface area contributed by atoms with E-state index in [1.54, 1.807) is 7.11 Å². The number of methoxy groups -OCH3 is 1. The van der Waals surface area contributed by atoms with E-state index in [2.05, 4.69) is 51.1 Å². The highest BCUT2D eigenvalue weighted by atomic mass is 16.5. The molecule has 2 atom stereocenters. The number of rotatable bonds is 8. The highest BCUT2D eigenvalue weighted by molar-refractivity contribution is 6.00. The Kier molecular flexibility index (Phi) is 5.62. The number of benzene rings is 2. The standard InChI is InChI=1S/C24H30O2/c1-5-7-12-18(6-2)16-22(25)24(26-4)21-15-9-8-13-19(21)20-14-10-11-17(3)23(20)24/h8-11,13-15,18H,5-7,12,16H2,1-4H3. The van der Waals surface area contributed by atoms with Crippen molar-refractivity contribution < 1.29 is 9.53 Å². The molecule has 2 aromatic carbocycles. The molecule has 138 valence electrons. The van der Waals surface area contributed by atoms with E-state index in [1.807, 2.05) is 12.1 Å². The minimum Gasteiger partial charge on any atom is -0.361 e. The Morgan fingerprint density at radius 2 is 1.81 bits per heavy atom. The van der Waals surface area contributed by atoms with Gasteiger partial charge in [0, 0.05) is 24.7 Å². The van der Waals surface area contributed by atoms with Crippen LogP contribution in [-0.2, 0) is 15.1 Å². The number of unbranched alkanes of at least 4 members (excludes halogenated alkanes) is 1. The lowest BCUT2D eigenvalue weighted by Crippen LogP contribution is -2.39. The highest BCUT2D eigenvalue weighted by Crippen LogP contribution is 2.52. The molecule has 2 heteroatoms. The Balaban J connectivity index is 2.09. The second kappa shape index (κ2) is 7.75. The zero-order chi connectivity index (χ0) is 18.7. The van der Waals surface area contributed by atoms with Crippen molar-refractivity contribution >= 4 is 5.78 Å². The topological polar surface area (TPSA) is 26.3 Å². The SMILES string of the molecule is CCCCC(CC)CC(=O)C1(OC)c2ccccc2-c2cccc(C)c21. The molecule has 0 amide bonds. The molecule has 0 aromatic heterocycles. The number of hydrogen-bond acceptors (Lipinski definition) is 2. The van der Waals surface area contributed by atoms with Gasteiger partial charge in [0.05, 0.1) is 0 Å². The van der Waals surface area contributed by atoms with Crippen LogP contribution in [0, 0.1) is 12.8 Å². The van der Waals surface area contributed by atoms with Crippen LogP contribution in [0.1, 0.15) is 62.6 Å². The number of hydrogen-bond donors (Lipinski definition) is 0. The molecule has 0 radical (unpaired) electrons. The quantitative estimate of drug-likeness (QED) is 0.580. The van der Waals surface area contributed by atoms with E-state index in [1.165, 1.54) is 12.8 Å². The molecule has 2 nitrogen and oxygen atoms in total. The molecule has 0 saturated carbocycles. The Bertz CT molecular complexity index is 793. The Morgan fingerprint density at radius 3 is 2.50 bits per heavy atom. The fourth-order valence-corrected chi connectivity index (χ4v) is 4.48. The Hall–Kier alpha value is -1.93. The van der Waals surface area contributed by atoms with Gasteiger partial charge in [0.25, 0.3) is 0 Å². The van der Waals surface area contributed by atoms with Crippen molar-refractivity contribution in [2.45, 2.75) is 58.5 Å². The summed E-state index contributed by atoms with van der Waals surface area (Å²) >= 11 is 0. The first kappa shape index (κ1) is 18.8. The molecular weight excluding hydrogens is 320 g/mol. The van der Waals surface area contributed by atoms with Crippen molar-refractivity contribution in [3.8, 4) is 11.1 Å². The molecule has 2 unspecified atom stereocenters. The average Bonchev–Trinajstić information content (AvgIpc) is 2.97. The zero-order valence-corrected chi connectivity index (χ0v) is 16.5. The van der Waals surface area contributed by atoms with Crippen molar-refractivity contribution in [3.63, 3.8) is 0 Å². The fourth-order valence-electron chi connectivity index (χ4n) is 4.48. The van der Waals surface area contributed by atoms with Crippen LogP contribution in [0.25, 0.3) is 11.1 Å². The lowest BCUT2D eigenvalue weighted by Gasteiger charge is -2.31. The summed E-state index contributed by atoms with van der Waals surface area (Å²) in [6, 6.07) is 14.5. The van der Waals surface area contributed by atoms with Crippen molar-refractivity contribution in [1.29, 1.82) is 0 Å². The molecule has 2 aromatic rings. The molecule has 0 spiro atoms. The van der Waals surface area contributed by atoms with E-state index in [0.29, 0.717) is 12.3 Å². The van der Waals surface area contributed by atoms with Gasteiger partial charge < -0.3 is 4.74 Å². The highest BCUT2D eigenvalue weighted by Gasteiger charge is 2.50. The summed E-state index contributed by atoms with van der Waals surface area (Å²) in [6.45, 7) is 6.48. The number of carbonyl (C=O) groups excluding carboxylic acids is 1. The van der Waals surface area contributed by atoms with Crippen molar-refractivity contribution in [2.24, 2.45) is 5.92 Å². The fraction of sp³-hybridized carbons (Fsp3) is 0.458. The molecule has 3 rings (SSSR count). The molecule has 0 aliphatic heterocycles. The van der Waals surface area contributed by atoms with E-state index in [9.17, 15) is 4.79 Å². The van der Waals surface area contributed by atoms with Crippen molar-refractivity contribution in [3.05, 3.63) is 59.2 Å². The second-order valence-corrected chi connectivity index (χ2v) is 7.47. The zero-order valence-electron chi connectivity index (χ0n) is 16.5. The van der Waals surface area contributed by atoms with Crippen molar-refractivity contribution in [2.75, 3.05) is 7.11 Å². The van der Waals surface area contributed by atoms with E-state index in [-0.39, 0.29) is 5.78 Å². The van der Waals surface area contributed by atoms with Gasteiger partial charge in [-0.1, -0.05) is 82.0 Å². The predicted molar refractivity (Wildman–Crippen MR) is 107 cm³/mol. The summed E-state index contributed by atoms with van der Waals surface area (Å²) in [4.78, 5) is 13.7. The van der Waals surface area contributed by atoms with Crippen LogP contribution >= 0.6 is 0 Å². The molecule has 0 bridgehead atoms. The summed E-state index contributed by atoms with van der Waals surface area (Å²) in [7, 11) is 1.68. The summed E-state index contributed by atoms with van der Waals surface area (Å²) in [5, 5.41) is 0. The lowest BCUT2D eigenvalue weighted by molar-refractivity contribution is -0.138. The van der Waals surface area contributed by atoms with Gasteiger partial charge in [-0.2, -0.15) is 0 Å². The molecule has 1 aliphatic rings. The Morgan fingerprint density at radius 1 is 1.08 bits per heavy atom. The number of aryl methyl sites for hydroxylation is 1. The molecule has 0 heterocycles. The molecule has 0 saturated heterocycles. The summed E-state index contributed by atoms with van der Waals surface area (Å²) in [5.41, 5.74) is 4.47. The third-order valence-corrected chi connectivity index (χ3v) is 5.94. The largest absolute Gasteiger partial charge is 0.361 e. The van der Waals surface area contributed by atoms with E-state index >= 15 is 0 Å². The minimum absolute atomic E-state index is 0.198. The Labute approximate surface area is 157 Å². The predicted octanol–water partition coefficient (Wildman–Crippen LogP) is 6.04. The maximum Gasteiger partial charge on any atom is 0.177 e. The first-order valence-corrected chi connectivity index (χ1v) is 9.88. The minimum atomic E-state index is -0.961. The van der Waals surface area contributed by atoms with Crippen LogP contribution in [0.3, 0.4) is 0 Å². The van der Waals surface area contributed by atoms with Gasteiger partial charge in [-0.05, 0) is 29.5 Å². The average molecular weight is 351 g/mol. The number of fused-ring (bicyclic) bond motifs is 3. The second-order valence-electron chi connectivity index (χ2n) is 7.47. The third-order valence-electron chi connectivity index (χ3n) is 5.94. The van der Waals surface area contributed by atoms with Gasteiger partial charge >= 0.3 is 0 Å².